The van der Waals surface area contributed by atoms with Crippen LogP contribution in [0.2, 0.25) is 0 Å². The molecule has 27 heavy (non-hydrogen) atoms. The lowest BCUT2D eigenvalue weighted by atomic mass is 10.0. The van der Waals surface area contributed by atoms with Gasteiger partial charge in [-0.2, -0.15) is 0 Å². The summed E-state index contributed by atoms with van der Waals surface area (Å²) in [6.07, 6.45) is 1.53. The number of thioether (sulfide) groups is 1. The number of hydrogen-bond donors (Lipinski definition) is 0. The van der Waals surface area contributed by atoms with Crippen LogP contribution in [0.4, 0.5) is 0 Å². The van der Waals surface area contributed by atoms with E-state index >= 15 is 0 Å². The molecule has 2 heterocycles. The average molecular weight is 387 g/mol. The molecule has 0 N–H and O–H groups in total. The number of nitrogens with zero attached hydrogens (tertiary/aromatic N) is 1. The summed E-state index contributed by atoms with van der Waals surface area (Å²) in [6, 6.07) is 8.34. The standard InChI is InChI=1S/C20H21NO5S/c1-12-6-7-13(2)15(9-12)17(23)10-26-20(24)16-11-27-19(21(16)14(3)22)18-5-4-8-25-18/h4-9,16,19H,10-11H2,1-3H3/t16-,19-/m0/s1. The van der Waals surface area contributed by atoms with Crippen molar-refractivity contribution in [3.8, 4) is 0 Å². The fourth-order valence-corrected chi connectivity index (χ4v) is 4.49. The van der Waals surface area contributed by atoms with Crippen molar-refractivity contribution in [2.45, 2.75) is 32.2 Å². The highest BCUT2D eigenvalue weighted by molar-refractivity contribution is 7.99. The van der Waals surface area contributed by atoms with Crippen molar-refractivity contribution in [2.75, 3.05) is 12.4 Å². The second kappa shape index (κ2) is 8.00. The molecule has 1 aromatic carbocycles. The summed E-state index contributed by atoms with van der Waals surface area (Å²) in [4.78, 5) is 38.5. The molecule has 1 aliphatic rings. The summed E-state index contributed by atoms with van der Waals surface area (Å²) >= 11 is 1.43. The highest BCUT2D eigenvalue weighted by atomic mass is 32.2. The summed E-state index contributed by atoms with van der Waals surface area (Å²) in [5.41, 5.74) is 2.34. The third kappa shape index (κ3) is 4.08. The van der Waals surface area contributed by atoms with Crippen molar-refractivity contribution >= 4 is 29.4 Å². The van der Waals surface area contributed by atoms with Crippen molar-refractivity contribution in [2.24, 2.45) is 0 Å². The number of ether oxygens (including phenoxy) is 1. The molecule has 0 spiro atoms. The lowest BCUT2D eigenvalue weighted by Crippen LogP contribution is -2.43. The molecular weight excluding hydrogens is 366 g/mol. The Morgan fingerprint density at radius 3 is 2.70 bits per heavy atom. The molecule has 7 heteroatoms. The molecule has 0 aliphatic carbocycles. The Morgan fingerprint density at radius 1 is 1.26 bits per heavy atom. The molecule has 6 nitrogen and oxygen atoms in total. The minimum Gasteiger partial charge on any atom is -0.466 e. The number of amides is 1. The molecular formula is C20H21NO5S. The maximum Gasteiger partial charge on any atom is 0.330 e. The van der Waals surface area contributed by atoms with Gasteiger partial charge in [0.1, 0.15) is 17.2 Å². The van der Waals surface area contributed by atoms with E-state index in [0.29, 0.717) is 17.1 Å². The molecule has 3 rings (SSSR count). The summed E-state index contributed by atoms with van der Waals surface area (Å²) in [7, 11) is 0. The van der Waals surface area contributed by atoms with E-state index in [2.05, 4.69) is 0 Å². The van der Waals surface area contributed by atoms with Crippen LogP contribution < -0.4 is 0 Å². The fourth-order valence-electron chi connectivity index (χ4n) is 3.07. The molecule has 1 amide bonds. The van der Waals surface area contributed by atoms with E-state index in [0.717, 1.165) is 11.1 Å². The van der Waals surface area contributed by atoms with Gasteiger partial charge in [-0.25, -0.2) is 4.79 Å². The van der Waals surface area contributed by atoms with Gasteiger partial charge in [-0.1, -0.05) is 17.7 Å². The molecule has 2 aromatic rings. The maximum atomic E-state index is 12.6. The number of esters is 1. The van der Waals surface area contributed by atoms with E-state index in [1.54, 1.807) is 18.2 Å². The molecule has 0 saturated carbocycles. The van der Waals surface area contributed by atoms with E-state index < -0.39 is 12.0 Å². The van der Waals surface area contributed by atoms with E-state index in [4.69, 9.17) is 9.15 Å². The highest BCUT2D eigenvalue weighted by Gasteiger charge is 2.43. The molecule has 0 radical (unpaired) electrons. The van der Waals surface area contributed by atoms with Crippen molar-refractivity contribution in [3.63, 3.8) is 0 Å². The Bertz CT molecular complexity index is 861. The molecule has 142 valence electrons. The first-order valence-electron chi connectivity index (χ1n) is 8.59. The number of benzene rings is 1. The van der Waals surface area contributed by atoms with Crippen LogP contribution in [0.25, 0.3) is 0 Å². The minimum atomic E-state index is -0.742. The van der Waals surface area contributed by atoms with Crippen LogP contribution in [0.3, 0.4) is 0 Å². The van der Waals surface area contributed by atoms with E-state index in [1.165, 1.54) is 29.8 Å². The van der Waals surface area contributed by atoms with Crippen LogP contribution in [-0.4, -0.2) is 41.0 Å². The fraction of sp³-hybridized carbons (Fsp3) is 0.350. The summed E-state index contributed by atoms with van der Waals surface area (Å²) < 4.78 is 10.6. The number of rotatable bonds is 5. The zero-order valence-corrected chi connectivity index (χ0v) is 16.2. The SMILES string of the molecule is CC(=O)N1[C@H](C(=O)OCC(=O)c2cc(C)ccc2C)CS[C@H]1c1ccco1. The number of hydrogen-bond acceptors (Lipinski definition) is 6. The summed E-state index contributed by atoms with van der Waals surface area (Å²) in [5.74, 6) is -0.0831. The van der Waals surface area contributed by atoms with Crippen molar-refractivity contribution < 1.29 is 23.5 Å². The average Bonchev–Trinajstić information content (AvgIpc) is 3.30. The number of Topliss-reactive ketones (excluding diaryl/α,β-unsaturated/α-hetero) is 1. The molecule has 1 fully saturated rings. The number of furan rings is 1. The van der Waals surface area contributed by atoms with Gasteiger partial charge in [0.15, 0.2) is 6.61 Å². The first-order chi connectivity index (χ1) is 12.9. The molecule has 1 aromatic heterocycles. The predicted octanol–water partition coefficient (Wildman–Crippen LogP) is 3.29. The van der Waals surface area contributed by atoms with Gasteiger partial charge in [-0.3, -0.25) is 9.59 Å². The summed E-state index contributed by atoms with van der Waals surface area (Å²) in [5, 5.41) is -0.371. The van der Waals surface area contributed by atoms with Crippen LogP contribution >= 0.6 is 11.8 Å². The van der Waals surface area contributed by atoms with Gasteiger partial charge in [-0.15, -0.1) is 11.8 Å². The zero-order valence-electron chi connectivity index (χ0n) is 15.4. The third-order valence-corrected chi connectivity index (χ3v) is 5.75. The monoisotopic (exact) mass is 387 g/mol. The maximum absolute atomic E-state index is 12.6. The Labute approximate surface area is 161 Å². The number of carbonyl (C=O) groups excluding carboxylic acids is 3. The summed E-state index contributed by atoms with van der Waals surface area (Å²) in [6.45, 7) is 4.80. The highest BCUT2D eigenvalue weighted by Crippen LogP contribution is 2.41. The van der Waals surface area contributed by atoms with E-state index in [1.807, 2.05) is 26.0 Å². The van der Waals surface area contributed by atoms with Crippen molar-refractivity contribution in [1.29, 1.82) is 0 Å². The van der Waals surface area contributed by atoms with Gasteiger partial charge in [0, 0.05) is 18.2 Å². The van der Waals surface area contributed by atoms with Gasteiger partial charge in [0.25, 0.3) is 0 Å². The Hall–Kier alpha value is -2.54. The second-order valence-electron chi connectivity index (χ2n) is 6.49. The largest absolute Gasteiger partial charge is 0.466 e. The van der Waals surface area contributed by atoms with Gasteiger partial charge >= 0.3 is 5.97 Å². The van der Waals surface area contributed by atoms with Crippen LogP contribution in [0, 0.1) is 13.8 Å². The lowest BCUT2D eigenvalue weighted by molar-refractivity contribution is -0.152. The smallest absolute Gasteiger partial charge is 0.330 e. The minimum absolute atomic E-state index is 0.246. The molecule has 0 unspecified atom stereocenters. The Kier molecular flexibility index (Phi) is 5.70. The second-order valence-corrected chi connectivity index (χ2v) is 7.61. The van der Waals surface area contributed by atoms with Crippen molar-refractivity contribution in [3.05, 3.63) is 59.0 Å². The number of aryl methyl sites for hydroxylation is 2. The zero-order chi connectivity index (χ0) is 19.6. The quantitative estimate of drug-likeness (QED) is 0.579. The van der Waals surface area contributed by atoms with Gasteiger partial charge in [-0.05, 0) is 37.6 Å². The molecule has 0 bridgehead atoms. The molecule has 2 atom stereocenters. The van der Waals surface area contributed by atoms with E-state index in [-0.39, 0.29) is 23.7 Å². The normalized spacial score (nSPS) is 19.1. The van der Waals surface area contributed by atoms with Gasteiger partial charge in [0.05, 0.1) is 6.26 Å². The van der Waals surface area contributed by atoms with Gasteiger partial charge < -0.3 is 14.1 Å². The van der Waals surface area contributed by atoms with Crippen LogP contribution in [0.15, 0.2) is 41.0 Å². The first kappa shape index (κ1) is 19.2. The predicted molar refractivity (Wildman–Crippen MR) is 101 cm³/mol. The van der Waals surface area contributed by atoms with Gasteiger partial charge in [0.2, 0.25) is 11.7 Å². The van der Waals surface area contributed by atoms with E-state index in [9.17, 15) is 14.4 Å². The van der Waals surface area contributed by atoms with Crippen molar-refractivity contribution in [1.82, 2.24) is 4.90 Å². The first-order valence-corrected chi connectivity index (χ1v) is 9.64. The number of ketones is 1. The lowest BCUT2D eigenvalue weighted by Gasteiger charge is -2.25. The Balaban J connectivity index is 1.67. The topological polar surface area (TPSA) is 76.8 Å². The third-order valence-electron chi connectivity index (χ3n) is 4.46. The Morgan fingerprint density at radius 2 is 2.04 bits per heavy atom. The van der Waals surface area contributed by atoms with Crippen LogP contribution in [0.1, 0.15) is 39.5 Å². The molecule has 1 aliphatic heterocycles. The van der Waals surface area contributed by atoms with Crippen LogP contribution in [-0.2, 0) is 14.3 Å². The molecule has 1 saturated heterocycles. The number of carbonyl (C=O) groups is 3. The van der Waals surface area contributed by atoms with Crippen LogP contribution in [0.5, 0.6) is 0 Å².